The maximum absolute atomic E-state index is 12.6. The highest BCUT2D eigenvalue weighted by atomic mass is 79.9. The highest BCUT2D eigenvalue weighted by Crippen LogP contribution is 2.27. The first-order chi connectivity index (χ1) is 9.93. The predicted molar refractivity (Wildman–Crippen MR) is 89.1 cm³/mol. The van der Waals surface area contributed by atoms with E-state index in [9.17, 15) is 8.42 Å². The van der Waals surface area contributed by atoms with Crippen molar-refractivity contribution in [2.24, 2.45) is 0 Å². The molecular formula is C14H21BrClNO3S. The highest BCUT2D eigenvalue weighted by Gasteiger charge is 2.26. The average molecular weight is 399 g/mol. The van der Waals surface area contributed by atoms with Crippen molar-refractivity contribution in [3.8, 4) is 0 Å². The summed E-state index contributed by atoms with van der Waals surface area (Å²) in [5, 5.41) is 9.30. The predicted octanol–water partition coefficient (Wildman–Crippen LogP) is 3.67. The van der Waals surface area contributed by atoms with Crippen LogP contribution in [0.4, 0.5) is 0 Å². The molecule has 0 aliphatic heterocycles. The molecule has 0 fully saturated rings. The number of sulfonamides is 1. The number of aliphatic hydroxyl groups excluding tert-OH is 1. The van der Waals surface area contributed by atoms with E-state index in [0.29, 0.717) is 6.54 Å². The Kier molecular flexibility index (Phi) is 8.19. The smallest absolute Gasteiger partial charge is 0.244 e. The van der Waals surface area contributed by atoms with Gasteiger partial charge in [0.25, 0.3) is 0 Å². The minimum absolute atomic E-state index is 0.0799. The van der Waals surface area contributed by atoms with E-state index in [2.05, 4.69) is 22.9 Å². The fraction of sp³-hybridized carbons (Fsp3) is 0.571. The van der Waals surface area contributed by atoms with Crippen molar-refractivity contribution in [3.63, 3.8) is 0 Å². The van der Waals surface area contributed by atoms with E-state index in [1.165, 1.54) is 10.4 Å². The number of nitrogens with zero attached hydrogens (tertiary/aromatic N) is 1. The summed E-state index contributed by atoms with van der Waals surface area (Å²) in [6.45, 7) is 2.38. The van der Waals surface area contributed by atoms with E-state index < -0.39 is 10.0 Å². The molecule has 1 rings (SSSR count). The van der Waals surface area contributed by atoms with Gasteiger partial charge in [0.2, 0.25) is 10.0 Å². The zero-order valence-corrected chi connectivity index (χ0v) is 15.2. The second-order valence-corrected chi connectivity index (χ2v) is 7.99. The Balaban J connectivity index is 2.93. The summed E-state index contributed by atoms with van der Waals surface area (Å²) in [6.07, 6.45) is 3.92. The van der Waals surface area contributed by atoms with Crippen LogP contribution in [0.1, 0.15) is 32.6 Å². The van der Waals surface area contributed by atoms with Crippen molar-refractivity contribution in [1.29, 1.82) is 0 Å². The molecule has 21 heavy (non-hydrogen) atoms. The summed E-state index contributed by atoms with van der Waals surface area (Å²) in [5.41, 5.74) is 0. The molecule has 0 saturated heterocycles. The zero-order valence-electron chi connectivity index (χ0n) is 12.1. The van der Waals surface area contributed by atoms with Gasteiger partial charge in [-0.2, -0.15) is 4.31 Å². The van der Waals surface area contributed by atoms with Gasteiger partial charge < -0.3 is 5.11 Å². The summed E-state index contributed by atoms with van der Waals surface area (Å²) in [6, 6.07) is 4.69. The van der Waals surface area contributed by atoms with E-state index in [-0.39, 0.29) is 23.1 Å². The molecule has 1 aromatic rings. The van der Waals surface area contributed by atoms with Crippen LogP contribution in [-0.4, -0.2) is 37.5 Å². The average Bonchev–Trinajstić information content (AvgIpc) is 2.41. The van der Waals surface area contributed by atoms with Gasteiger partial charge >= 0.3 is 0 Å². The molecule has 7 heteroatoms. The van der Waals surface area contributed by atoms with E-state index in [0.717, 1.165) is 30.2 Å². The molecule has 0 atom stereocenters. The van der Waals surface area contributed by atoms with Gasteiger partial charge in [-0.25, -0.2) is 8.42 Å². The van der Waals surface area contributed by atoms with Crippen LogP contribution in [0.3, 0.4) is 0 Å². The van der Waals surface area contributed by atoms with Crippen molar-refractivity contribution in [1.82, 2.24) is 4.31 Å². The second-order valence-electron chi connectivity index (χ2n) is 4.76. The zero-order chi connectivity index (χ0) is 15.9. The molecule has 0 aliphatic carbocycles. The van der Waals surface area contributed by atoms with Crippen molar-refractivity contribution in [3.05, 3.63) is 27.7 Å². The van der Waals surface area contributed by atoms with E-state index >= 15 is 0 Å². The summed E-state index contributed by atoms with van der Waals surface area (Å²) in [5.74, 6) is 0. The maximum Gasteiger partial charge on any atom is 0.244 e. The Morgan fingerprint density at radius 2 is 1.95 bits per heavy atom. The molecule has 0 bridgehead atoms. The highest BCUT2D eigenvalue weighted by molar-refractivity contribution is 9.10. The lowest BCUT2D eigenvalue weighted by Crippen LogP contribution is -2.34. The first kappa shape index (κ1) is 18.9. The lowest BCUT2D eigenvalue weighted by atomic mass is 10.2. The van der Waals surface area contributed by atoms with Crippen LogP contribution in [0.5, 0.6) is 0 Å². The molecule has 0 spiro atoms. The summed E-state index contributed by atoms with van der Waals surface area (Å²) < 4.78 is 27.3. The maximum atomic E-state index is 12.6. The van der Waals surface area contributed by atoms with Gasteiger partial charge in [0.1, 0.15) is 4.90 Å². The van der Waals surface area contributed by atoms with Crippen LogP contribution in [0.2, 0.25) is 5.02 Å². The largest absolute Gasteiger partial charge is 0.395 e. The topological polar surface area (TPSA) is 57.6 Å². The molecule has 0 aromatic heterocycles. The fourth-order valence-corrected chi connectivity index (χ4v) is 4.48. The monoisotopic (exact) mass is 397 g/mol. The Morgan fingerprint density at radius 3 is 2.52 bits per heavy atom. The van der Waals surface area contributed by atoms with E-state index in [1.54, 1.807) is 12.1 Å². The Hall–Kier alpha value is -0.140. The van der Waals surface area contributed by atoms with Crippen LogP contribution in [0, 0.1) is 0 Å². The Labute approximate surface area is 140 Å². The van der Waals surface area contributed by atoms with Crippen LogP contribution in [0.15, 0.2) is 27.6 Å². The number of benzene rings is 1. The van der Waals surface area contributed by atoms with Crippen LogP contribution in [-0.2, 0) is 10.0 Å². The minimum atomic E-state index is -3.68. The molecule has 4 nitrogen and oxygen atoms in total. The van der Waals surface area contributed by atoms with Crippen LogP contribution < -0.4 is 0 Å². The van der Waals surface area contributed by atoms with E-state index in [4.69, 9.17) is 16.7 Å². The first-order valence-corrected chi connectivity index (χ1v) is 9.60. The Bertz CT molecular complexity index is 551. The van der Waals surface area contributed by atoms with Gasteiger partial charge in [-0.1, -0.05) is 53.7 Å². The second kappa shape index (κ2) is 9.10. The van der Waals surface area contributed by atoms with Gasteiger partial charge in [-0.05, 0) is 24.6 Å². The molecule has 120 valence electrons. The Morgan fingerprint density at radius 1 is 1.24 bits per heavy atom. The fourth-order valence-electron chi connectivity index (χ4n) is 2.00. The molecule has 0 unspecified atom stereocenters. The molecular weight excluding hydrogens is 378 g/mol. The van der Waals surface area contributed by atoms with Crippen molar-refractivity contribution < 1.29 is 13.5 Å². The first-order valence-electron chi connectivity index (χ1n) is 6.99. The lowest BCUT2D eigenvalue weighted by molar-refractivity contribution is 0.251. The van der Waals surface area contributed by atoms with Gasteiger partial charge in [-0.15, -0.1) is 0 Å². The number of halogens is 2. The van der Waals surface area contributed by atoms with Crippen LogP contribution in [0.25, 0.3) is 0 Å². The molecule has 1 N–H and O–H groups in total. The van der Waals surface area contributed by atoms with Crippen molar-refractivity contribution in [2.75, 3.05) is 19.7 Å². The number of aliphatic hydroxyl groups is 1. The van der Waals surface area contributed by atoms with E-state index in [1.807, 2.05) is 0 Å². The summed E-state index contributed by atoms with van der Waals surface area (Å²) >= 11 is 9.30. The van der Waals surface area contributed by atoms with Gasteiger partial charge in [0.05, 0.1) is 11.6 Å². The third-order valence-electron chi connectivity index (χ3n) is 3.12. The summed E-state index contributed by atoms with van der Waals surface area (Å²) in [7, 11) is -3.68. The third kappa shape index (κ3) is 5.53. The number of rotatable bonds is 9. The summed E-state index contributed by atoms with van der Waals surface area (Å²) in [4.78, 5) is 0.0799. The van der Waals surface area contributed by atoms with Crippen molar-refractivity contribution in [2.45, 2.75) is 37.5 Å². The van der Waals surface area contributed by atoms with Crippen LogP contribution >= 0.6 is 27.5 Å². The number of hydrogen-bond donors (Lipinski definition) is 1. The SMILES string of the molecule is CCCCCCN(CCO)S(=O)(=O)c1ccc(Br)cc1Cl. The van der Waals surface area contributed by atoms with Crippen molar-refractivity contribution >= 4 is 37.6 Å². The molecule has 0 aliphatic rings. The lowest BCUT2D eigenvalue weighted by Gasteiger charge is -2.22. The van der Waals surface area contributed by atoms with Gasteiger partial charge in [-0.3, -0.25) is 0 Å². The number of unbranched alkanes of at least 4 members (excludes halogenated alkanes) is 3. The molecule has 0 saturated carbocycles. The molecule has 0 amide bonds. The normalized spacial score (nSPS) is 12.0. The molecule has 0 radical (unpaired) electrons. The number of hydrogen-bond acceptors (Lipinski definition) is 3. The molecule has 0 heterocycles. The van der Waals surface area contributed by atoms with Gasteiger partial charge in [0.15, 0.2) is 0 Å². The molecule has 1 aromatic carbocycles. The quantitative estimate of drug-likeness (QED) is 0.646. The third-order valence-corrected chi connectivity index (χ3v) is 6.00. The minimum Gasteiger partial charge on any atom is -0.395 e. The van der Waals surface area contributed by atoms with Gasteiger partial charge in [0, 0.05) is 17.6 Å². The standard InChI is InChI=1S/C14H21BrClNO3S/c1-2-3-4-5-8-17(9-10-18)21(19,20)14-7-6-12(15)11-13(14)16/h6-7,11,18H,2-5,8-10H2,1H3.